The van der Waals surface area contributed by atoms with Crippen LogP contribution in [0.1, 0.15) is 48.5 Å². The van der Waals surface area contributed by atoms with Crippen molar-refractivity contribution in [1.82, 2.24) is 0 Å². The molecule has 0 saturated heterocycles. The third-order valence-electron chi connectivity index (χ3n) is 3.51. The lowest BCUT2D eigenvalue weighted by atomic mass is 10.2. The molecule has 2 heterocycles. The minimum atomic E-state index is -1.02. The largest absolute Gasteiger partial charge is 0.449 e. The molecular weight excluding hydrogens is 298 g/mol. The molecule has 2 radical (unpaired) electrons. The quantitative estimate of drug-likeness (QED) is 0.584. The van der Waals surface area contributed by atoms with Gasteiger partial charge in [-0.3, -0.25) is 0 Å². The zero-order valence-corrected chi connectivity index (χ0v) is 15.1. The van der Waals surface area contributed by atoms with Crippen LogP contribution < -0.4 is 24.3 Å². The van der Waals surface area contributed by atoms with Crippen LogP contribution in [0.4, 0.5) is 0 Å². The van der Waals surface area contributed by atoms with Gasteiger partial charge in [0.05, 0.1) is 5.30 Å². The Bertz CT molecular complexity index is 592. The lowest BCUT2D eigenvalue weighted by Crippen LogP contribution is -2.32. The third kappa shape index (κ3) is 2.54. The van der Waals surface area contributed by atoms with E-state index >= 15 is 0 Å². The fourth-order valence-corrected chi connectivity index (χ4v) is 3.97. The molecule has 118 valence electrons. The van der Waals surface area contributed by atoms with Crippen LogP contribution in [0.25, 0.3) is 0 Å². The summed E-state index contributed by atoms with van der Waals surface area (Å²) in [6.45, 7) is 13.9. The molecule has 22 heavy (non-hydrogen) atoms. The highest BCUT2D eigenvalue weighted by atomic mass is 31.1. The molecule has 0 amide bonds. The Morgan fingerprint density at radius 2 is 1.27 bits per heavy atom. The van der Waals surface area contributed by atoms with Crippen LogP contribution in [0.5, 0.6) is 23.0 Å². The van der Waals surface area contributed by atoms with Crippen molar-refractivity contribution in [3.05, 3.63) is 6.07 Å². The van der Waals surface area contributed by atoms with E-state index in [0.717, 1.165) is 5.30 Å². The molecule has 0 aliphatic carbocycles. The van der Waals surface area contributed by atoms with E-state index in [1.807, 2.05) is 33.8 Å². The van der Waals surface area contributed by atoms with E-state index in [1.54, 1.807) is 0 Å². The number of hydrogen-bond acceptors (Lipinski definition) is 4. The maximum Gasteiger partial charge on any atom is 0.246 e. The summed E-state index contributed by atoms with van der Waals surface area (Å²) in [5, 5.41) is 0.788. The van der Waals surface area contributed by atoms with Gasteiger partial charge in [0.15, 0.2) is 23.0 Å². The fraction of sp³-hybridized carbons (Fsp3) is 0.625. The highest BCUT2D eigenvalue weighted by Gasteiger charge is 2.44. The topological polar surface area (TPSA) is 36.9 Å². The molecule has 0 bridgehead atoms. The van der Waals surface area contributed by atoms with Gasteiger partial charge < -0.3 is 18.9 Å². The van der Waals surface area contributed by atoms with Crippen molar-refractivity contribution in [3.8, 4) is 23.0 Å². The van der Waals surface area contributed by atoms with E-state index in [2.05, 4.69) is 20.8 Å². The Morgan fingerprint density at radius 3 is 1.64 bits per heavy atom. The Balaban J connectivity index is 2.20. The van der Waals surface area contributed by atoms with Crippen LogP contribution in [0.3, 0.4) is 0 Å². The van der Waals surface area contributed by atoms with Gasteiger partial charge in [-0.25, -0.2) is 0 Å². The molecule has 1 aromatic carbocycles. The van der Waals surface area contributed by atoms with E-state index < -0.39 is 19.4 Å². The van der Waals surface area contributed by atoms with Gasteiger partial charge >= 0.3 is 0 Å². The van der Waals surface area contributed by atoms with Gasteiger partial charge in [-0.05, 0) is 5.16 Å². The van der Waals surface area contributed by atoms with Gasteiger partial charge in [-0.2, -0.15) is 0 Å². The second kappa shape index (κ2) is 4.47. The molecule has 3 rings (SSSR count). The summed E-state index contributed by atoms with van der Waals surface area (Å²) < 4.78 is 23.8. The molecule has 6 heteroatoms. The van der Waals surface area contributed by atoms with Crippen molar-refractivity contribution >= 4 is 20.7 Å². The third-order valence-corrected chi connectivity index (χ3v) is 5.84. The molecular formula is C16H22BO4P. The average molecular weight is 320 g/mol. The van der Waals surface area contributed by atoms with Gasteiger partial charge in [-0.15, -0.1) is 7.80 Å². The lowest BCUT2D eigenvalue weighted by molar-refractivity contribution is -0.0473. The monoisotopic (exact) mass is 320 g/mol. The van der Waals surface area contributed by atoms with Crippen molar-refractivity contribution in [2.45, 2.75) is 65.2 Å². The number of rotatable bonds is 1. The first kappa shape index (κ1) is 15.8. The normalized spacial score (nSPS) is 21.8. The van der Waals surface area contributed by atoms with E-state index in [1.165, 1.54) is 0 Å². The zero-order chi connectivity index (χ0) is 16.5. The molecule has 0 fully saturated rings. The standard InChI is InChI=1S/C16H22BO4P/c1-14(2,3)22(17)13-11-9(18-15(4,5)20-11)8-10-12(13)21-16(6,7)19-10/h8H,1-7H3. The van der Waals surface area contributed by atoms with E-state index in [9.17, 15) is 0 Å². The van der Waals surface area contributed by atoms with E-state index in [4.69, 9.17) is 26.5 Å². The molecule has 1 atom stereocenters. The van der Waals surface area contributed by atoms with Crippen LogP contribution in [0.2, 0.25) is 0 Å². The number of benzene rings is 1. The first-order valence-electron chi connectivity index (χ1n) is 7.42. The average Bonchev–Trinajstić information content (AvgIpc) is 2.76. The Kier molecular flexibility index (Phi) is 3.21. The van der Waals surface area contributed by atoms with E-state index in [0.29, 0.717) is 23.0 Å². The second-order valence-corrected chi connectivity index (χ2v) is 10.2. The lowest BCUT2D eigenvalue weighted by Gasteiger charge is -2.31. The number of hydrogen-bond donors (Lipinski definition) is 0. The summed E-state index contributed by atoms with van der Waals surface area (Å²) in [4.78, 5) is 0. The maximum atomic E-state index is 6.59. The first-order chi connectivity index (χ1) is 9.90. The first-order valence-corrected chi connectivity index (χ1v) is 8.83. The van der Waals surface area contributed by atoms with Crippen molar-refractivity contribution < 1.29 is 18.9 Å². The maximum absolute atomic E-state index is 6.59. The second-order valence-electron chi connectivity index (χ2n) is 7.63. The zero-order valence-electron chi connectivity index (χ0n) is 14.2. The molecule has 0 aromatic heterocycles. The molecule has 0 N–H and O–H groups in total. The minimum absolute atomic E-state index is 0.0928. The van der Waals surface area contributed by atoms with Gasteiger partial charge in [0.2, 0.25) is 11.6 Å². The Morgan fingerprint density at radius 1 is 0.864 bits per heavy atom. The highest BCUT2D eigenvalue weighted by molar-refractivity contribution is 7.89. The van der Waals surface area contributed by atoms with E-state index in [-0.39, 0.29) is 5.16 Å². The predicted molar refractivity (Wildman–Crippen MR) is 89.2 cm³/mol. The predicted octanol–water partition coefficient (Wildman–Crippen LogP) is 3.69. The number of fused-ring (bicyclic) bond motifs is 2. The van der Waals surface area contributed by atoms with Crippen molar-refractivity contribution in [2.24, 2.45) is 0 Å². The Hall–Kier alpha value is -1.09. The summed E-state index contributed by atoms with van der Waals surface area (Å²) in [7, 11) is 5.57. The van der Waals surface area contributed by atoms with Crippen molar-refractivity contribution in [2.75, 3.05) is 0 Å². The smallest absolute Gasteiger partial charge is 0.246 e. The molecule has 0 spiro atoms. The summed E-state index contributed by atoms with van der Waals surface area (Å²) >= 11 is 0. The van der Waals surface area contributed by atoms with Gasteiger partial charge in [0, 0.05) is 33.8 Å². The van der Waals surface area contributed by atoms with Gasteiger partial charge in [-0.1, -0.05) is 20.8 Å². The molecule has 4 nitrogen and oxygen atoms in total. The molecule has 1 unspecified atom stereocenters. The summed E-state index contributed by atoms with van der Waals surface area (Å²) in [5.74, 6) is 1.29. The highest BCUT2D eigenvalue weighted by Crippen LogP contribution is 2.57. The molecule has 2 aliphatic heterocycles. The van der Waals surface area contributed by atoms with Crippen LogP contribution in [0.15, 0.2) is 6.07 Å². The SMILES string of the molecule is [B]P(c1c2c(cc3c1OC(C)(C)O3)OC(C)(C)O2)C(C)(C)C. The Labute approximate surface area is 134 Å². The minimum Gasteiger partial charge on any atom is -0.449 e. The van der Waals surface area contributed by atoms with Crippen LogP contribution in [0, 0.1) is 0 Å². The summed E-state index contributed by atoms with van der Waals surface area (Å²) in [6, 6.07) is 1.84. The van der Waals surface area contributed by atoms with Crippen molar-refractivity contribution in [3.63, 3.8) is 0 Å². The molecule has 0 saturated carbocycles. The molecule has 1 aromatic rings. The molecule has 2 aliphatic rings. The number of ether oxygens (including phenoxy) is 4. The van der Waals surface area contributed by atoms with Gasteiger partial charge in [0.25, 0.3) is 0 Å². The van der Waals surface area contributed by atoms with Crippen LogP contribution >= 0.6 is 7.80 Å². The summed E-state index contributed by atoms with van der Waals surface area (Å²) in [5.41, 5.74) is 0. The fourth-order valence-electron chi connectivity index (χ4n) is 2.55. The van der Waals surface area contributed by atoms with Crippen LogP contribution in [-0.2, 0) is 0 Å². The van der Waals surface area contributed by atoms with Gasteiger partial charge in [0.1, 0.15) is 7.57 Å². The summed E-state index contributed by atoms with van der Waals surface area (Å²) in [6.07, 6.45) is 0. The van der Waals surface area contributed by atoms with Crippen molar-refractivity contribution in [1.29, 1.82) is 0 Å². The van der Waals surface area contributed by atoms with Crippen LogP contribution in [-0.4, -0.2) is 24.3 Å².